The molecule has 1 heterocycles. The summed E-state index contributed by atoms with van der Waals surface area (Å²) < 4.78 is 0.721. The molecule has 72 valence electrons. The zero-order chi connectivity index (χ0) is 9.90. The summed E-state index contributed by atoms with van der Waals surface area (Å²) in [5, 5.41) is 12.1. The van der Waals surface area contributed by atoms with E-state index in [1.165, 1.54) is 6.33 Å². The molecule has 2 N–H and O–H groups in total. The van der Waals surface area contributed by atoms with Gasteiger partial charge in [-0.1, -0.05) is 0 Å². The number of nitrogens with one attached hydrogen (secondary N) is 1. The molecule has 1 rings (SSSR count). The molecule has 0 unspecified atom stereocenters. The summed E-state index contributed by atoms with van der Waals surface area (Å²) in [5.74, 6) is 0.695. The van der Waals surface area contributed by atoms with Crippen LogP contribution in [-0.2, 0) is 0 Å². The minimum Gasteiger partial charge on any atom is -0.394 e. The van der Waals surface area contributed by atoms with Gasteiger partial charge in [-0.15, -0.1) is 0 Å². The molecular formula is C8H12BrN3O. The van der Waals surface area contributed by atoms with Crippen molar-refractivity contribution in [1.82, 2.24) is 9.97 Å². The molecule has 0 fully saturated rings. The molecule has 0 radical (unpaired) electrons. The Labute approximate surface area is 85.5 Å². The summed E-state index contributed by atoms with van der Waals surface area (Å²) in [4.78, 5) is 7.91. The van der Waals surface area contributed by atoms with Gasteiger partial charge in [-0.2, -0.15) is 0 Å². The van der Waals surface area contributed by atoms with Crippen LogP contribution >= 0.6 is 15.9 Å². The maximum atomic E-state index is 9.01. The molecule has 0 atom stereocenters. The summed E-state index contributed by atoms with van der Waals surface area (Å²) in [6.07, 6.45) is 1.46. The number of aliphatic hydroxyl groups is 1. The first kappa shape index (κ1) is 10.4. The molecule has 4 nitrogen and oxygen atoms in total. The van der Waals surface area contributed by atoms with Gasteiger partial charge >= 0.3 is 0 Å². The van der Waals surface area contributed by atoms with Crippen LogP contribution in [0.4, 0.5) is 5.82 Å². The highest BCUT2D eigenvalue weighted by molar-refractivity contribution is 9.10. The van der Waals surface area contributed by atoms with Crippen molar-refractivity contribution < 1.29 is 5.11 Å². The first-order valence-corrected chi connectivity index (χ1v) is 4.69. The van der Waals surface area contributed by atoms with Crippen LogP contribution in [0.1, 0.15) is 13.8 Å². The Bertz CT molecular complexity index is 290. The van der Waals surface area contributed by atoms with Gasteiger partial charge in [0.1, 0.15) is 16.7 Å². The number of anilines is 1. The van der Waals surface area contributed by atoms with Crippen LogP contribution in [0.5, 0.6) is 0 Å². The van der Waals surface area contributed by atoms with Gasteiger partial charge < -0.3 is 10.4 Å². The molecule has 1 aromatic rings. The average Bonchev–Trinajstić information content (AvgIpc) is 2.03. The number of aromatic nitrogens is 2. The lowest BCUT2D eigenvalue weighted by Crippen LogP contribution is -2.35. The van der Waals surface area contributed by atoms with Gasteiger partial charge in [-0.05, 0) is 29.8 Å². The number of aliphatic hydroxyl groups excluding tert-OH is 1. The standard InChI is InChI=1S/C8H12BrN3O/c1-8(2,4-13)12-7-3-6(9)10-5-11-7/h3,5,13H,4H2,1-2H3,(H,10,11,12). The van der Waals surface area contributed by atoms with Crippen LogP contribution in [0.3, 0.4) is 0 Å². The lowest BCUT2D eigenvalue weighted by Gasteiger charge is -2.23. The normalized spacial score (nSPS) is 11.4. The van der Waals surface area contributed by atoms with E-state index in [4.69, 9.17) is 5.11 Å². The highest BCUT2D eigenvalue weighted by Gasteiger charge is 2.16. The van der Waals surface area contributed by atoms with Gasteiger partial charge in [0, 0.05) is 6.07 Å². The highest BCUT2D eigenvalue weighted by atomic mass is 79.9. The van der Waals surface area contributed by atoms with Crippen molar-refractivity contribution in [1.29, 1.82) is 0 Å². The number of rotatable bonds is 3. The van der Waals surface area contributed by atoms with Gasteiger partial charge in [0.2, 0.25) is 0 Å². The first-order chi connectivity index (χ1) is 6.03. The quantitative estimate of drug-likeness (QED) is 0.792. The molecule has 0 aliphatic heterocycles. The van der Waals surface area contributed by atoms with E-state index in [0.29, 0.717) is 5.82 Å². The van der Waals surface area contributed by atoms with E-state index in [1.54, 1.807) is 6.07 Å². The van der Waals surface area contributed by atoms with Crippen molar-refractivity contribution in [3.8, 4) is 0 Å². The Kier molecular flexibility index (Phi) is 3.22. The van der Waals surface area contributed by atoms with Crippen molar-refractivity contribution in [3.63, 3.8) is 0 Å². The molecule has 0 spiro atoms. The second kappa shape index (κ2) is 4.02. The van der Waals surface area contributed by atoms with Crippen LogP contribution in [0.2, 0.25) is 0 Å². The maximum Gasteiger partial charge on any atom is 0.130 e. The first-order valence-electron chi connectivity index (χ1n) is 3.90. The lowest BCUT2D eigenvalue weighted by atomic mass is 10.1. The summed E-state index contributed by atoms with van der Waals surface area (Å²) in [6, 6.07) is 1.76. The Morgan fingerprint density at radius 1 is 1.54 bits per heavy atom. The van der Waals surface area contributed by atoms with Crippen molar-refractivity contribution in [3.05, 3.63) is 17.0 Å². The monoisotopic (exact) mass is 245 g/mol. The summed E-state index contributed by atoms with van der Waals surface area (Å²) in [7, 11) is 0. The smallest absolute Gasteiger partial charge is 0.130 e. The minimum absolute atomic E-state index is 0.0502. The number of hydrogen-bond donors (Lipinski definition) is 2. The predicted octanol–water partition coefficient (Wildman–Crippen LogP) is 1.42. The zero-order valence-electron chi connectivity index (χ0n) is 7.58. The van der Waals surface area contributed by atoms with Gasteiger partial charge in [0.15, 0.2) is 0 Å². The van der Waals surface area contributed by atoms with Gasteiger partial charge in [-0.3, -0.25) is 0 Å². The van der Waals surface area contributed by atoms with E-state index < -0.39 is 0 Å². The Morgan fingerprint density at radius 3 is 2.77 bits per heavy atom. The highest BCUT2D eigenvalue weighted by Crippen LogP contribution is 2.14. The molecule has 0 saturated carbocycles. The Balaban J connectivity index is 2.74. The molecule has 1 aromatic heterocycles. The van der Waals surface area contributed by atoms with E-state index in [-0.39, 0.29) is 12.1 Å². The van der Waals surface area contributed by atoms with E-state index in [0.717, 1.165) is 4.60 Å². The van der Waals surface area contributed by atoms with Crippen LogP contribution in [-0.4, -0.2) is 27.2 Å². The molecule has 0 aromatic carbocycles. The lowest BCUT2D eigenvalue weighted by molar-refractivity contribution is 0.234. The fraction of sp³-hybridized carbons (Fsp3) is 0.500. The third-order valence-corrected chi connectivity index (χ3v) is 1.93. The van der Waals surface area contributed by atoms with Crippen LogP contribution in [0, 0.1) is 0 Å². The van der Waals surface area contributed by atoms with E-state index in [9.17, 15) is 0 Å². The van der Waals surface area contributed by atoms with Crippen LogP contribution < -0.4 is 5.32 Å². The minimum atomic E-state index is -0.367. The van der Waals surface area contributed by atoms with Gasteiger partial charge in [-0.25, -0.2) is 9.97 Å². The van der Waals surface area contributed by atoms with Gasteiger partial charge in [0.25, 0.3) is 0 Å². The third-order valence-electron chi connectivity index (χ3n) is 1.50. The van der Waals surface area contributed by atoms with E-state index in [1.807, 2.05) is 13.8 Å². The molecule has 0 amide bonds. The molecular weight excluding hydrogens is 234 g/mol. The van der Waals surface area contributed by atoms with Crippen molar-refractivity contribution in [2.45, 2.75) is 19.4 Å². The third kappa shape index (κ3) is 3.28. The Hall–Kier alpha value is -0.680. The molecule has 5 heteroatoms. The molecule has 0 aliphatic carbocycles. The van der Waals surface area contributed by atoms with E-state index >= 15 is 0 Å². The second-order valence-electron chi connectivity index (χ2n) is 3.39. The van der Waals surface area contributed by atoms with Crippen molar-refractivity contribution >= 4 is 21.7 Å². The zero-order valence-corrected chi connectivity index (χ0v) is 9.17. The maximum absolute atomic E-state index is 9.01. The van der Waals surface area contributed by atoms with E-state index in [2.05, 4.69) is 31.2 Å². The van der Waals surface area contributed by atoms with Gasteiger partial charge in [0.05, 0.1) is 12.1 Å². The summed E-state index contributed by atoms with van der Waals surface area (Å²) in [6.45, 7) is 3.83. The second-order valence-corrected chi connectivity index (χ2v) is 4.21. The van der Waals surface area contributed by atoms with Crippen molar-refractivity contribution in [2.75, 3.05) is 11.9 Å². The summed E-state index contributed by atoms with van der Waals surface area (Å²) in [5.41, 5.74) is -0.367. The molecule has 13 heavy (non-hydrogen) atoms. The van der Waals surface area contributed by atoms with Crippen molar-refractivity contribution in [2.24, 2.45) is 0 Å². The molecule has 0 saturated heterocycles. The van der Waals surface area contributed by atoms with Crippen LogP contribution in [0.15, 0.2) is 17.0 Å². The SMILES string of the molecule is CC(C)(CO)Nc1cc(Br)ncn1. The largest absolute Gasteiger partial charge is 0.394 e. The number of nitrogens with zero attached hydrogens (tertiary/aromatic N) is 2. The van der Waals surface area contributed by atoms with Crippen LogP contribution in [0.25, 0.3) is 0 Å². The molecule has 0 bridgehead atoms. The number of hydrogen-bond acceptors (Lipinski definition) is 4. The Morgan fingerprint density at radius 2 is 2.23 bits per heavy atom. The topological polar surface area (TPSA) is 58.0 Å². The fourth-order valence-electron chi connectivity index (χ4n) is 0.788. The predicted molar refractivity (Wildman–Crippen MR) is 54.5 cm³/mol. The fourth-order valence-corrected chi connectivity index (χ4v) is 1.10. The average molecular weight is 246 g/mol. The number of halogens is 1. The summed E-state index contributed by atoms with van der Waals surface area (Å²) >= 11 is 3.24. The molecule has 0 aliphatic rings.